The zero-order valence-electron chi connectivity index (χ0n) is 30.7. The quantitative estimate of drug-likeness (QED) is 0.126. The summed E-state index contributed by atoms with van der Waals surface area (Å²) in [5.74, 6) is -0.480. The van der Waals surface area contributed by atoms with Gasteiger partial charge in [0.2, 0.25) is 0 Å². The first-order valence-electron chi connectivity index (χ1n) is 16.2. The number of halogens is 1. The van der Waals surface area contributed by atoms with Gasteiger partial charge >= 0.3 is 11.9 Å². The molecule has 15 heteroatoms. The summed E-state index contributed by atoms with van der Waals surface area (Å²) in [5, 5.41) is 1.57. The van der Waals surface area contributed by atoms with Gasteiger partial charge in [0.25, 0.3) is 0 Å². The molecule has 0 saturated heterocycles. The number of hydrogen-bond acceptors (Lipinski definition) is 12. The van der Waals surface area contributed by atoms with Crippen LogP contribution in [-0.2, 0) is 41.4 Å². The van der Waals surface area contributed by atoms with E-state index in [1.165, 1.54) is 32.9 Å². The van der Waals surface area contributed by atoms with Crippen molar-refractivity contribution in [3.8, 4) is 0 Å². The van der Waals surface area contributed by atoms with Crippen molar-refractivity contribution in [2.24, 2.45) is 0 Å². The van der Waals surface area contributed by atoms with Gasteiger partial charge in [-0.2, -0.15) is 0 Å². The number of rotatable bonds is 7. The Morgan fingerprint density at radius 3 is 1.56 bits per heavy atom. The molecule has 0 amide bonds. The number of aromatic nitrogens is 4. The van der Waals surface area contributed by atoms with E-state index in [4.69, 9.17) is 16.3 Å². The molecule has 4 heterocycles. The van der Waals surface area contributed by atoms with Gasteiger partial charge in [-0.15, -0.1) is 11.6 Å². The predicted molar refractivity (Wildman–Crippen MR) is 207 cm³/mol. The zero-order chi connectivity index (χ0) is 39.8. The van der Waals surface area contributed by atoms with E-state index >= 15 is 0 Å². The number of ether oxygens (including phenoxy) is 2. The van der Waals surface area contributed by atoms with Gasteiger partial charge in [0.05, 0.1) is 46.2 Å². The summed E-state index contributed by atoms with van der Waals surface area (Å²) in [6, 6.07) is 17.3. The van der Waals surface area contributed by atoms with E-state index in [1.807, 2.05) is 45.0 Å². The number of esters is 2. The highest BCUT2D eigenvalue weighted by Gasteiger charge is 2.17. The molecule has 0 aliphatic heterocycles. The van der Waals surface area contributed by atoms with Crippen molar-refractivity contribution < 1.29 is 35.9 Å². The molecule has 282 valence electrons. The Labute approximate surface area is 319 Å². The highest BCUT2D eigenvalue weighted by molar-refractivity contribution is 7.91. The van der Waals surface area contributed by atoms with Crippen LogP contribution in [0.1, 0.15) is 54.4 Å². The number of alkyl halides is 1. The van der Waals surface area contributed by atoms with Gasteiger partial charge in [-0.25, -0.2) is 26.4 Å². The molecular weight excluding hydrogens is 752 g/mol. The Balaban J connectivity index is 0.000000199. The third kappa shape index (κ3) is 10.9. The van der Waals surface area contributed by atoms with E-state index in [1.54, 1.807) is 55.0 Å². The van der Waals surface area contributed by atoms with Gasteiger partial charge in [0.1, 0.15) is 0 Å². The molecule has 0 unspecified atom stereocenters. The van der Waals surface area contributed by atoms with Crippen molar-refractivity contribution in [2.75, 3.05) is 26.7 Å². The second kappa shape index (κ2) is 17.7. The average molecular weight is 791 g/mol. The van der Waals surface area contributed by atoms with Crippen molar-refractivity contribution in [2.45, 2.75) is 42.9 Å². The molecule has 54 heavy (non-hydrogen) atoms. The van der Waals surface area contributed by atoms with Gasteiger partial charge < -0.3 is 9.47 Å². The first kappa shape index (κ1) is 41.4. The standard InChI is InChI=1S/C19H18N2O4S.C12H12ClNO2S.C8H9NO2/c1-12-6-15-7-13(9-17(26(3,23)24)18(15)21-11-12)8-16-10-14(4-5-20-16)19(22)25-2;1-8-3-10-4-9(6-13)5-11(17(2,15)16)12(10)14-7-8;1-6-5-7(3-4-9-6)8(10)11-2/h4-7,9-11H,8H2,1-3H3;3-5,7H,6H2,1-2H3;3-5H,1-2H3. The largest absolute Gasteiger partial charge is 0.465 e. The molecule has 0 aliphatic rings. The summed E-state index contributed by atoms with van der Waals surface area (Å²) in [5.41, 5.74) is 6.86. The van der Waals surface area contributed by atoms with Crippen LogP contribution in [0.5, 0.6) is 0 Å². The lowest BCUT2D eigenvalue weighted by Crippen LogP contribution is -2.04. The molecule has 2 aromatic carbocycles. The highest BCUT2D eigenvalue weighted by Crippen LogP contribution is 2.27. The number of sulfone groups is 2. The number of pyridine rings is 4. The summed E-state index contributed by atoms with van der Waals surface area (Å²) in [6.45, 7) is 5.65. The molecule has 6 aromatic rings. The predicted octanol–water partition coefficient (Wildman–Crippen LogP) is 6.58. The Bertz CT molecular complexity index is 2580. The monoisotopic (exact) mass is 790 g/mol. The molecular formula is C39H39ClN4O8S2. The maximum absolute atomic E-state index is 12.2. The van der Waals surface area contributed by atoms with Crippen molar-refractivity contribution in [3.63, 3.8) is 0 Å². The first-order chi connectivity index (χ1) is 25.4. The lowest BCUT2D eigenvalue weighted by Gasteiger charge is -2.09. The van der Waals surface area contributed by atoms with E-state index in [2.05, 4.69) is 24.7 Å². The van der Waals surface area contributed by atoms with E-state index < -0.39 is 25.6 Å². The fourth-order valence-corrected chi connectivity index (χ4v) is 7.26. The first-order valence-corrected chi connectivity index (χ1v) is 20.5. The average Bonchev–Trinajstić information content (AvgIpc) is 3.13. The summed E-state index contributed by atoms with van der Waals surface area (Å²) in [6.07, 6.45) is 9.17. The zero-order valence-corrected chi connectivity index (χ0v) is 33.1. The number of benzene rings is 2. The van der Waals surface area contributed by atoms with E-state index in [-0.39, 0.29) is 21.6 Å². The minimum Gasteiger partial charge on any atom is -0.465 e. The number of hydrogen-bond donors (Lipinski definition) is 0. The number of carbonyl (C=O) groups is 2. The van der Waals surface area contributed by atoms with Crippen LogP contribution < -0.4 is 0 Å². The Morgan fingerprint density at radius 1 is 0.630 bits per heavy atom. The van der Waals surface area contributed by atoms with E-state index in [0.29, 0.717) is 34.3 Å². The fourth-order valence-electron chi connectivity index (χ4n) is 5.34. The number of methoxy groups -OCH3 is 2. The van der Waals surface area contributed by atoms with Crippen LogP contribution in [0.25, 0.3) is 21.8 Å². The Kier molecular flexibility index (Phi) is 13.6. The van der Waals surface area contributed by atoms with Gasteiger partial charge in [-0.1, -0.05) is 0 Å². The number of aryl methyl sites for hydroxylation is 3. The number of carbonyl (C=O) groups excluding carboxylic acids is 2. The number of nitrogens with zero attached hydrogens (tertiary/aromatic N) is 4. The van der Waals surface area contributed by atoms with Crippen LogP contribution in [0.4, 0.5) is 0 Å². The van der Waals surface area contributed by atoms with Crippen molar-refractivity contribution in [1.29, 1.82) is 0 Å². The SMILES string of the molecule is COC(=O)c1ccnc(C)c1.COC(=O)c1ccnc(Cc2cc(S(C)(=O)=O)c3ncc(C)cc3c2)c1.Cc1cnc2c(S(C)(=O)=O)cc(CCl)cc2c1. The minimum absolute atomic E-state index is 0.189. The molecule has 0 radical (unpaired) electrons. The molecule has 0 atom stereocenters. The van der Waals surface area contributed by atoms with Crippen LogP contribution >= 0.6 is 11.6 Å². The van der Waals surface area contributed by atoms with Crippen molar-refractivity contribution in [3.05, 3.63) is 130 Å². The lowest BCUT2D eigenvalue weighted by atomic mass is 10.0. The summed E-state index contributed by atoms with van der Waals surface area (Å²) >= 11 is 5.77. The molecule has 0 N–H and O–H groups in total. The van der Waals surface area contributed by atoms with Crippen LogP contribution in [0.2, 0.25) is 0 Å². The van der Waals surface area contributed by atoms with Crippen LogP contribution in [0.15, 0.2) is 95.2 Å². The third-order valence-electron chi connectivity index (χ3n) is 7.78. The minimum atomic E-state index is -3.44. The molecule has 0 aliphatic carbocycles. The normalized spacial score (nSPS) is 11.2. The molecule has 0 bridgehead atoms. The smallest absolute Gasteiger partial charge is 0.337 e. The maximum atomic E-state index is 12.2. The van der Waals surface area contributed by atoms with E-state index in [0.717, 1.165) is 38.7 Å². The topological polar surface area (TPSA) is 172 Å². The summed E-state index contributed by atoms with van der Waals surface area (Å²) in [7, 11) is -4.06. The van der Waals surface area contributed by atoms with Crippen LogP contribution in [0.3, 0.4) is 0 Å². The van der Waals surface area contributed by atoms with Gasteiger partial charge in [0.15, 0.2) is 19.7 Å². The third-order valence-corrected chi connectivity index (χ3v) is 10.3. The van der Waals surface area contributed by atoms with Crippen molar-refractivity contribution in [1.82, 2.24) is 19.9 Å². The summed E-state index contributed by atoms with van der Waals surface area (Å²) in [4.78, 5) is 39.7. The van der Waals surface area contributed by atoms with Gasteiger partial charge in [-0.05, 0) is 104 Å². The van der Waals surface area contributed by atoms with Crippen molar-refractivity contribution >= 4 is 65.0 Å². The number of fused-ring (bicyclic) bond motifs is 2. The molecule has 0 fully saturated rings. The molecule has 4 aromatic heterocycles. The van der Waals surface area contributed by atoms with Gasteiger partial charge in [0, 0.05) is 71.8 Å². The Morgan fingerprint density at radius 2 is 1.09 bits per heavy atom. The molecule has 0 saturated carbocycles. The molecule has 12 nitrogen and oxygen atoms in total. The molecule has 6 rings (SSSR count). The molecule has 0 spiro atoms. The van der Waals surface area contributed by atoms with Gasteiger partial charge in [-0.3, -0.25) is 19.9 Å². The summed E-state index contributed by atoms with van der Waals surface area (Å²) < 4.78 is 57.1. The second-order valence-corrected chi connectivity index (χ2v) is 16.7. The lowest BCUT2D eigenvalue weighted by molar-refractivity contribution is 0.0591. The van der Waals surface area contributed by atoms with E-state index in [9.17, 15) is 26.4 Å². The highest BCUT2D eigenvalue weighted by atomic mass is 35.5. The Hall–Kier alpha value is -5.31. The maximum Gasteiger partial charge on any atom is 0.337 e. The van der Waals surface area contributed by atoms with Crippen LogP contribution in [-0.4, -0.2) is 75.4 Å². The fraction of sp³-hybridized carbons (Fsp3) is 0.231. The second-order valence-electron chi connectivity index (χ2n) is 12.4. The van der Waals surface area contributed by atoms with Crippen LogP contribution in [0, 0.1) is 20.8 Å².